The molecular formula is C10H13ClF3NO. The third-order valence-electron chi connectivity index (χ3n) is 2.05. The van der Waals surface area contributed by atoms with Crippen LogP contribution in [0.4, 0.5) is 13.2 Å². The Hall–Kier alpha value is -0.940. The van der Waals surface area contributed by atoms with Crippen LogP contribution in [0.5, 0.6) is 5.75 Å². The van der Waals surface area contributed by atoms with Gasteiger partial charge in [0.25, 0.3) is 0 Å². The van der Waals surface area contributed by atoms with Gasteiger partial charge in [-0.15, -0.1) is 12.4 Å². The summed E-state index contributed by atoms with van der Waals surface area (Å²) in [6.45, 7) is 1.61. The van der Waals surface area contributed by atoms with Gasteiger partial charge in [0.2, 0.25) is 0 Å². The monoisotopic (exact) mass is 255 g/mol. The van der Waals surface area contributed by atoms with Crippen LogP contribution in [0, 0.1) is 0 Å². The van der Waals surface area contributed by atoms with Crippen molar-refractivity contribution in [2.75, 3.05) is 7.11 Å². The van der Waals surface area contributed by atoms with E-state index in [0.717, 1.165) is 6.07 Å². The summed E-state index contributed by atoms with van der Waals surface area (Å²) >= 11 is 0. The first-order chi connectivity index (χ1) is 6.88. The number of alkyl halides is 3. The molecule has 1 unspecified atom stereocenters. The first-order valence-corrected chi connectivity index (χ1v) is 4.37. The Bertz CT molecular complexity index is 352. The third kappa shape index (κ3) is 3.02. The van der Waals surface area contributed by atoms with Crippen molar-refractivity contribution in [2.24, 2.45) is 5.73 Å². The van der Waals surface area contributed by atoms with Crippen LogP contribution in [0.3, 0.4) is 0 Å². The smallest absolute Gasteiger partial charge is 0.419 e. The van der Waals surface area contributed by atoms with Crippen molar-refractivity contribution < 1.29 is 17.9 Å². The van der Waals surface area contributed by atoms with Crippen molar-refractivity contribution in [3.63, 3.8) is 0 Å². The second-order valence-electron chi connectivity index (χ2n) is 3.21. The number of hydrogen-bond acceptors (Lipinski definition) is 2. The Morgan fingerprint density at radius 2 is 1.88 bits per heavy atom. The quantitative estimate of drug-likeness (QED) is 0.881. The first kappa shape index (κ1) is 15.1. The van der Waals surface area contributed by atoms with Gasteiger partial charge in [-0.05, 0) is 13.0 Å². The number of para-hydroxylation sites is 1. The molecule has 0 saturated carbocycles. The zero-order chi connectivity index (χ0) is 11.6. The lowest BCUT2D eigenvalue weighted by atomic mass is 10.0. The number of halogens is 4. The molecule has 0 aliphatic carbocycles. The molecule has 0 aromatic heterocycles. The fourth-order valence-corrected chi connectivity index (χ4v) is 1.36. The second-order valence-corrected chi connectivity index (χ2v) is 3.21. The lowest BCUT2D eigenvalue weighted by Gasteiger charge is -2.17. The summed E-state index contributed by atoms with van der Waals surface area (Å²) in [5, 5.41) is 0. The van der Waals surface area contributed by atoms with E-state index in [1.165, 1.54) is 19.2 Å². The predicted molar refractivity (Wildman–Crippen MR) is 57.8 cm³/mol. The Balaban J connectivity index is 0.00000225. The van der Waals surface area contributed by atoms with Crippen molar-refractivity contribution in [3.05, 3.63) is 29.3 Å². The molecule has 0 radical (unpaired) electrons. The normalized spacial score (nSPS) is 12.9. The van der Waals surface area contributed by atoms with Crippen molar-refractivity contribution in [1.82, 2.24) is 0 Å². The fraction of sp³-hybridized carbons (Fsp3) is 0.400. The molecule has 92 valence electrons. The Labute approximate surface area is 98.0 Å². The number of nitrogens with two attached hydrogens (primary N) is 1. The van der Waals surface area contributed by atoms with Crippen LogP contribution in [-0.4, -0.2) is 7.11 Å². The molecule has 0 bridgehead atoms. The maximum absolute atomic E-state index is 12.6. The van der Waals surface area contributed by atoms with Crippen LogP contribution >= 0.6 is 12.4 Å². The highest BCUT2D eigenvalue weighted by molar-refractivity contribution is 5.85. The van der Waals surface area contributed by atoms with Gasteiger partial charge >= 0.3 is 6.18 Å². The van der Waals surface area contributed by atoms with E-state index < -0.39 is 17.8 Å². The maximum Gasteiger partial charge on any atom is 0.419 e. The van der Waals surface area contributed by atoms with Gasteiger partial charge in [0.05, 0.1) is 12.7 Å². The number of methoxy groups -OCH3 is 1. The van der Waals surface area contributed by atoms with Crippen molar-refractivity contribution >= 4 is 12.4 Å². The highest BCUT2D eigenvalue weighted by atomic mass is 35.5. The number of hydrogen-bond donors (Lipinski definition) is 1. The average Bonchev–Trinajstić information content (AvgIpc) is 2.15. The van der Waals surface area contributed by atoms with Gasteiger partial charge < -0.3 is 10.5 Å². The molecule has 0 saturated heterocycles. The molecule has 0 aliphatic rings. The van der Waals surface area contributed by atoms with Crippen LogP contribution in [0.2, 0.25) is 0 Å². The lowest BCUT2D eigenvalue weighted by Crippen LogP contribution is -2.13. The van der Waals surface area contributed by atoms with Gasteiger partial charge in [0.1, 0.15) is 5.75 Å². The van der Waals surface area contributed by atoms with E-state index in [1.54, 1.807) is 6.92 Å². The van der Waals surface area contributed by atoms with Crippen molar-refractivity contribution in [1.29, 1.82) is 0 Å². The van der Waals surface area contributed by atoms with Crippen molar-refractivity contribution in [2.45, 2.75) is 19.1 Å². The summed E-state index contributed by atoms with van der Waals surface area (Å²) < 4.78 is 42.4. The van der Waals surface area contributed by atoms with Crippen LogP contribution < -0.4 is 10.5 Å². The van der Waals surface area contributed by atoms with E-state index in [-0.39, 0.29) is 18.2 Å². The van der Waals surface area contributed by atoms with E-state index in [2.05, 4.69) is 0 Å². The molecule has 1 rings (SSSR count). The van der Waals surface area contributed by atoms with Gasteiger partial charge in [0, 0.05) is 11.6 Å². The molecular weight excluding hydrogens is 243 g/mol. The van der Waals surface area contributed by atoms with E-state index in [9.17, 15) is 13.2 Å². The molecule has 0 amide bonds. The van der Waals surface area contributed by atoms with E-state index in [1.807, 2.05) is 0 Å². The third-order valence-corrected chi connectivity index (χ3v) is 2.05. The predicted octanol–water partition coefficient (Wildman–Crippen LogP) is 3.16. The Morgan fingerprint density at radius 3 is 2.25 bits per heavy atom. The minimum absolute atomic E-state index is 0. The van der Waals surface area contributed by atoms with Crippen molar-refractivity contribution in [3.8, 4) is 5.75 Å². The molecule has 0 aliphatic heterocycles. The second kappa shape index (κ2) is 5.41. The van der Waals surface area contributed by atoms with Crippen LogP contribution in [0.15, 0.2) is 18.2 Å². The van der Waals surface area contributed by atoms with Crippen LogP contribution in [0.1, 0.15) is 24.1 Å². The molecule has 6 heteroatoms. The zero-order valence-electron chi connectivity index (χ0n) is 8.84. The minimum atomic E-state index is -4.42. The standard InChI is InChI=1S/C10H12F3NO.ClH/c1-6(14)7-4-3-5-8(9(7)15-2)10(11,12)13;/h3-6H,14H2,1-2H3;1H. The van der Waals surface area contributed by atoms with Gasteiger partial charge in [-0.3, -0.25) is 0 Å². The Kier molecular flexibility index (Phi) is 5.09. The highest BCUT2D eigenvalue weighted by Crippen LogP contribution is 2.39. The van der Waals surface area contributed by atoms with Gasteiger partial charge in [-0.25, -0.2) is 0 Å². The number of ether oxygens (including phenoxy) is 1. The van der Waals surface area contributed by atoms with E-state index in [4.69, 9.17) is 10.5 Å². The Morgan fingerprint density at radius 1 is 1.31 bits per heavy atom. The number of benzene rings is 1. The lowest BCUT2D eigenvalue weighted by molar-refractivity contribution is -0.138. The largest absolute Gasteiger partial charge is 0.496 e. The summed E-state index contributed by atoms with van der Waals surface area (Å²) in [5.41, 5.74) is 5.12. The zero-order valence-corrected chi connectivity index (χ0v) is 9.65. The molecule has 2 N–H and O–H groups in total. The summed E-state index contributed by atoms with van der Waals surface area (Å²) in [6.07, 6.45) is -4.42. The first-order valence-electron chi connectivity index (χ1n) is 4.37. The van der Waals surface area contributed by atoms with Gasteiger partial charge in [0.15, 0.2) is 0 Å². The molecule has 0 fully saturated rings. The number of rotatable bonds is 2. The molecule has 0 spiro atoms. The van der Waals surface area contributed by atoms with E-state index >= 15 is 0 Å². The molecule has 1 aromatic rings. The summed E-state index contributed by atoms with van der Waals surface area (Å²) in [4.78, 5) is 0. The SMILES string of the molecule is COc1c(C(C)N)cccc1C(F)(F)F.Cl. The maximum atomic E-state index is 12.6. The molecule has 1 atom stereocenters. The molecule has 16 heavy (non-hydrogen) atoms. The fourth-order valence-electron chi connectivity index (χ4n) is 1.36. The molecule has 2 nitrogen and oxygen atoms in total. The summed E-state index contributed by atoms with van der Waals surface area (Å²) in [7, 11) is 1.20. The van der Waals surface area contributed by atoms with Crippen LogP contribution in [0.25, 0.3) is 0 Å². The van der Waals surface area contributed by atoms with Crippen LogP contribution in [-0.2, 0) is 6.18 Å². The molecule has 1 aromatic carbocycles. The van der Waals surface area contributed by atoms with E-state index in [0.29, 0.717) is 5.56 Å². The van der Waals surface area contributed by atoms with Gasteiger partial charge in [-0.1, -0.05) is 12.1 Å². The van der Waals surface area contributed by atoms with Gasteiger partial charge in [-0.2, -0.15) is 13.2 Å². The molecule has 0 heterocycles. The summed E-state index contributed by atoms with van der Waals surface area (Å²) in [5.74, 6) is -0.194. The summed E-state index contributed by atoms with van der Waals surface area (Å²) in [6, 6.07) is 3.33. The topological polar surface area (TPSA) is 35.2 Å². The average molecular weight is 256 g/mol. The minimum Gasteiger partial charge on any atom is -0.496 e. The highest BCUT2D eigenvalue weighted by Gasteiger charge is 2.35.